The third-order valence-corrected chi connectivity index (χ3v) is 3.30. The van der Waals surface area contributed by atoms with Crippen LogP contribution in [-0.2, 0) is 0 Å². The molecule has 0 aliphatic rings. The van der Waals surface area contributed by atoms with E-state index in [4.69, 9.17) is 4.74 Å². The number of anilines is 1. The van der Waals surface area contributed by atoms with E-state index in [2.05, 4.69) is 35.4 Å². The minimum absolute atomic E-state index is 0.876. The van der Waals surface area contributed by atoms with Crippen molar-refractivity contribution in [2.24, 2.45) is 0 Å². The number of pyridine rings is 1. The molecule has 1 heterocycles. The Morgan fingerprint density at radius 2 is 2.05 bits per heavy atom. The SMILES string of the molecule is COc1ccc2c(NCCCCN(C)C)nccc2c1. The molecule has 0 saturated carbocycles. The smallest absolute Gasteiger partial charge is 0.133 e. The van der Waals surface area contributed by atoms with Gasteiger partial charge in [0.25, 0.3) is 0 Å². The highest BCUT2D eigenvalue weighted by atomic mass is 16.5. The molecule has 0 aliphatic carbocycles. The summed E-state index contributed by atoms with van der Waals surface area (Å²) < 4.78 is 5.25. The highest BCUT2D eigenvalue weighted by molar-refractivity contribution is 5.92. The molecule has 0 aliphatic heterocycles. The lowest BCUT2D eigenvalue weighted by Gasteiger charge is -2.11. The van der Waals surface area contributed by atoms with E-state index in [1.54, 1.807) is 7.11 Å². The van der Waals surface area contributed by atoms with Crippen molar-refractivity contribution in [1.82, 2.24) is 9.88 Å². The zero-order valence-electron chi connectivity index (χ0n) is 12.5. The van der Waals surface area contributed by atoms with Gasteiger partial charge in [-0.2, -0.15) is 0 Å². The molecule has 1 N–H and O–H groups in total. The van der Waals surface area contributed by atoms with Crippen molar-refractivity contribution >= 4 is 16.6 Å². The topological polar surface area (TPSA) is 37.4 Å². The molecule has 0 atom stereocenters. The summed E-state index contributed by atoms with van der Waals surface area (Å²) in [6.45, 7) is 2.08. The fraction of sp³-hybridized carbons (Fsp3) is 0.438. The monoisotopic (exact) mass is 273 g/mol. The van der Waals surface area contributed by atoms with Crippen LogP contribution in [0.25, 0.3) is 10.8 Å². The Hall–Kier alpha value is -1.81. The molecule has 20 heavy (non-hydrogen) atoms. The number of hydrogen-bond donors (Lipinski definition) is 1. The maximum atomic E-state index is 5.25. The average Bonchev–Trinajstić information content (AvgIpc) is 2.46. The number of hydrogen-bond acceptors (Lipinski definition) is 4. The molecule has 0 saturated heterocycles. The molecule has 2 rings (SSSR count). The number of aromatic nitrogens is 1. The lowest BCUT2D eigenvalue weighted by atomic mass is 10.1. The van der Waals surface area contributed by atoms with Crippen LogP contribution in [0.3, 0.4) is 0 Å². The number of nitrogens with one attached hydrogen (secondary N) is 1. The van der Waals surface area contributed by atoms with E-state index in [0.29, 0.717) is 0 Å². The Bertz CT molecular complexity index is 554. The quantitative estimate of drug-likeness (QED) is 0.787. The molecule has 0 bridgehead atoms. The maximum Gasteiger partial charge on any atom is 0.133 e. The minimum atomic E-state index is 0.876. The van der Waals surface area contributed by atoms with Gasteiger partial charge in [0.2, 0.25) is 0 Å². The zero-order chi connectivity index (χ0) is 14.4. The van der Waals surface area contributed by atoms with E-state index < -0.39 is 0 Å². The second-order valence-corrected chi connectivity index (χ2v) is 5.18. The predicted molar refractivity (Wildman–Crippen MR) is 84.6 cm³/mol. The zero-order valence-corrected chi connectivity index (χ0v) is 12.5. The normalized spacial score (nSPS) is 11.0. The number of unbranched alkanes of at least 4 members (excludes halogenated alkanes) is 1. The van der Waals surface area contributed by atoms with Gasteiger partial charge in [-0.1, -0.05) is 0 Å². The summed E-state index contributed by atoms with van der Waals surface area (Å²) in [5.74, 6) is 1.83. The van der Waals surface area contributed by atoms with Crippen molar-refractivity contribution in [3.63, 3.8) is 0 Å². The number of benzene rings is 1. The lowest BCUT2D eigenvalue weighted by Crippen LogP contribution is -2.14. The first-order valence-electron chi connectivity index (χ1n) is 7.02. The Morgan fingerprint density at radius 1 is 1.20 bits per heavy atom. The first-order chi connectivity index (χ1) is 9.70. The molecule has 1 aromatic heterocycles. The fourth-order valence-electron chi connectivity index (χ4n) is 2.18. The summed E-state index contributed by atoms with van der Waals surface area (Å²) in [7, 11) is 5.90. The fourth-order valence-corrected chi connectivity index (χ4v) is 2.18. The molecule has 0 radical (unpaired) electrons. The van der Waals surface area contributed by atoms with Gasteiger partial charge in [-0.15, -0.1) is 0 Å². The highest BCUT2D eigenvalue weighted by Crippen LogP contribution is 2.25. The number of fused-ring (bicyclic) bond motifs is 1. The van der Waals surface area contributed by atoms with Gasteiger partial charge in [0.05, 0.1) is 7.11 Å². The van der Waals surface area contributed by atoms with Crippen LogP contribution in [0, 0.1) is 0 Å². The van der Waals surface area contributed by atoms with Gasteiger partial charge in [-0.3, -0.25) is 0 Å². The first kappa shape index (κ1) is 14.6. The first-order valence-corrected chi connectivity index (χ1v) is 7.02. The predicted octanol–water partition coefficient (Wildman–Crippen LogP) is 3.00. The second kappa shape index (κ2) is 7.10. The Balaban J connectivity index is 1.99. The third kappa shape index (κ3) is 3.84. The van der Waals surface area contributed by atoms with E-state index in [-0.39, 0.29) is 0 Å². The molecule has 0 unspecified atom stereocenters. The van der Waals surface area contributed by atoms with Crippen LogP contribution in [0.15, 0.2) is 30.5 Å². The van der Waals surface area contributed by atoms with Crippen molar-refractivity contribution in [3.05, 3.63) is 30.5 Å². The van der Waals surface area contributed by atoms with Crippen molar-refractivity contribution in [2.75, 3.05) is 39.6 Å². The summed E-state index contributed by atoms with van der Waals surface area (Å²) in [5.41, 5.74) is 0. The summed E-state index contributed by atoms with van der Waals surface area (Å²) in [4.78, 5) is 6.64. The summed E-state index contributed by atoms with van der Waals surface area (Å²) in [5, 5.41) is 5.72. The van der Waals surface area contributed by atoms with Crippen LogP contribution < -0.4 is 10.1 Å². The average molecular weight is 273 g/mol. The van der Waals surface area contributed by atoms with Crippen LogP contribution >= 0.6 is 0 Å². The van der Waals surface area contributed by atoms with Gasteiger partial charge in [-0.25, -0.2) is 4.98 Å². The van der Waals surface area contributed by atoms with Gasteiger partial charge in [0.15, 0.2) is 0 Å². The molecule has 4 nitrogen and oxygen atoms in total. The third-order valence-electron chi connectivity index (χ3n) is 3.30. The number of nitrogens with zero attached hydrogens (tertiary/aromatic N) is 2. The number of methoxy groups -OCH3 is 1. The Kier molecular flexibility index (Phi) is 5.18. The largest absolute Gasteiger partial charge is 0.497 e. The van der Waals surface area contributed by atoms with Gasteiger partial charge >= 0.3 is 0 Å². The van der Waals surface area contributed by atoms with E-state index in [0.717, 1.165) is 41.9 Å². The number of rotatable bonds is 7. The molecule has 4 heteroatoms. The van der Waals surface area contributed by atoms with Crippen molar-refractivity contribution in [2.45, 2.75) is 12.8 Å². The Morgan fingerprint density at radius 3 is 2.80 bits per heavy atom. The molecule has 0 amide bonds. The summed E-state index contributed by atoms with van der Waals surface area (Å²) >= 11 is 0. The molecule has 2 aromatic rings. The molecular formula is C16H23N3O. The van der Waals surface area contributed by atoms with Crippen LogP contribution in [0.2, 0.25) is 0 Å². The van der Waals surface area contributed by atoms with Gasteiger partial charge in [0, 0.05) is 18.1 Å². The number of ether oxygens (including phenoxy) is 1. The highest BCUT2D eigenvalue weighted by Gasteiger charge is 2.03. The van der Waals surface area contributed by atoms with Crippen LogP contribution in [-0.4, -0.2) is 44.2 Å². The van der Waals surface area contributed by atoms with Crippen LogP contribution in [0.5, 0.6) is 5.75 Å². The Labute approximate surface area is 120 Å². The van der Waals surface area contributed by atoms with Gasteiger partial charge < -0.3 is 15.0 Å². The standard InChI is InChI=1S/C16H23N3O/c1-19(2)11-5-4-9-17-16-15-7-6-14(20-3)12-13(15)8-10-18-16/h6-8,10,12H,4-5,9,11H2,1-3H3,(H,17,18). The molecule has 108 valence electrons. The maximum absolute atomic E-state index is 5.25. The second-order valence-electron chi connectivity index (χ2n) is 5.18. The van der Waals surface area contributed by atoms with Gasteiger partial charge in [0.1, 0.15) is 11.6 Å². The molecular weight excluding hydrogens is 250 g/mol. The van der Waals surface area contributed by atoms with Crippen LogP contribution in [0.1, 0.15) is 12.8 Å². The minimum Gasteiger partial charge on any atom is -0.497 e. The van der Waals surface area contributed by atoms with Crippen molar-refractivity contribution in [1.29, 1.82) is 0 Å². The lowest BCUT2D eigenvalue weighted by molar-refractivity contribution is 0.396. The summed E-state index contributed by atoms with van der Waals surface area (Å²) in [6, 6.07) is 8.08. The van der Waals surface area contributed by atoms with Crippen molar-refractivity contribution < 1.29 is 4.74 Å². The van der Waals surface area contributed by atoms with Gasteiger partial charge in [-0.05, 0) is 63.1 Å². The van der Waals surface area contributed by atoms with E-state index in [9.17, 15) is 0 Å². The molecule has 0 fully saturated rings. The summed E-state index contributed by atoms with van der Waals surface area (Å²) in [6.07, 6.45) is 4.18. The van der Waals surface area contributed by atoms with E-state index in [1.165, 1.54) is 6.42 Å². The van der Waals surface area contributed by atoms with Crippen molar-refractivity contribution in [3.8, 4) is 5.75 Å². The molecule has 0 spiro atoms. The van der Waals surface area contributed by atoms with Crippen LogP contribution in [0.4, 0.5) is 5.82 Å². The van der Waals surface area contributed by atoms with E-state index >= 15 is 0 Å². The van der Waals surface area contributed by atoms with E-state index in [1.807, 2.05) is 24.4 Å². The molecule has 1 aromatic carbocycles.